The van der Waals surface area contributed by atoms with Gasteiger partial charge in [-0.15, -0.1) is 11.3 Å². The van der Waals surface area contributed by atoms with Gasteiger partial charge in [-0.25, -0.2) is 9.97 Å². The Balaban J connectivity index is 1.98. The summed E-state index contributed by atoms with van der Waals surface area (Å²) in [6, 6.07) is 0. The van der Waals surface area contributed by atoms with Gasteiger partial charge in [0.15, 0.2) is 0 Å². The Bertz CT molecular complexity index is 687. The molecule has 1 atom stereocenters. The molecule has 0 saturated carbocycles. The molecule has 0 amide bonds. The molecule has 112 valence electrons. The topological polar surface area (TPSA) is 75.6 Å². The zero-order valence-electron chi connectivity index (χ0n) is 12.0. The molecule has 2 aromatic heterocycles. The van der Waals surface area contributed by atoms with E-state index >= 15 is 0 Å². The normalized spacial score (nSPS) is 22.1. The highest BCUT2D eigenvalue weighted by Crippen LogP contribution is 2.37. The number of hydrogen-bond donors (Lipinski definition) is 1. The number of carboxylic acids is 1. The van der Waals surface area contributed by atoms with Gasteiger partial charge in [0.2, 0.25) is 0 Å². The lowest BCUT2D eigenvalue weighted by Crippen LogP contribution is -2.38. The highest BCUT2D eigenvalue weighted by Gasteiger charge is 2.45. The predicted molar refractivity (Wildman–Crippen MR) is 80.9 cm³/mol. The number of carboxylic acid groups (broad SMARTS) is 1. The summed E-state index contributed by atoms with van der Waals surface area (Å²) in [5.41, 5.74) is 0.279. The molecule has 1 fully saturated rings. The van der Waals surface area contributed by atoms with Crippen molar-refractivity contribution in [2.45, 2.75) is 13.3 Å². The molecule has 0 radical (unpaired) electrons. The van der Waals surface area contributed by atoms with Crippen LogP contribution in [0, 0.1) is 12.3 Å². The van der Waals surface area contributed by atoms with Crippen LogP contribution >= 0.6 is 11.3 Å². The average Bonchev–Trinajstić information content (AvgIpc) is 3.05. The number of nitrogens with zero attached hydrogens (tertiary/aromatic N) is 3. The van der Waals surface area contributed by atoms with Crippen molar-refractivity contribution in [3.8, 4) is 0 Å². The van der Waals surface area contributed by atoms with Crippen LogP contribution in [0.2, 0.25) is 0 Å². The van der Waals surface area contributed by atoms with E-state index < -0.39 is 11.4 Å². The van der Waals surface area contributed by atoms with Crippen molar-refractivity contribution in [1.29, 1.82) is 0 Å². The van der Waals surface area contributed by atoms with Crippen LogP contribution in [0.1, 0.15) is 12.0 Å². The van der Waals surface area contributed by atoms with Crippen LogP contribution in [-0.4, -0.2) is 47.8 Å². The number of thiophene rings is 1. The summed E-state index contributed by atoms with van der Waals surface area (Å²) in [5, 5.41) is 12.6. The van der Waals surface area contributed by atoms with Gasteiger partial charge in [0.25, 0.3) is 0 Å². The lowest BCUT2D eigenvalue weighted by atomic mass is 9.88. The smallest absolute Gasteiger partial charge is 0.313 e. The minimum Gasteiger partial charge on any atom is -0.481 e. The lowest BCUT2D eigenvalue weighted by Gasteiger charge is -2.24. The summed E-state index contributed by atoms with van der Waals surface area (Å²) < 4.78 is 5.13. The van der Waals surface area contributed by atoms with Crippen LogP contribution in [-0.2, 0) is 9.53 Å². The Labute approximate surface area is 126 Å². The molecule has 1 unspecified atom stereocenters. The molecule has 1 aliphatic rings. The van der Waals surface area contributed by atoms with Crippen LogP contribution in [0.4, 0.5) is 5.82 Å². The van der Waals surface area contributed by atoms with E-state index in [-0.39, 0.29) is 6.61 Å². The predicted octanol–water partition coefficient (Wildman–Crippen LogP) is 1.93. The maximum absolute atomic E-state index is 11.6. The monoisotopic (exact) mass is 307 g/mol. The van der Waals surface area contributed by atoms with Gasteiger partial charge in [0.05, 0.1) is 12.0 Å². The van der Waals surface area contributed by atoms with Crippen LogP contribution in [0.5, 0.6) is 0 Å². The van der Waals surface area contributed by atoms with Crippen molar-refractivity contribution < 1.29 is 14.6 Å². The second kappa shape index (κ2) is 5.23. The number of rotatable bonds is 4. The van der Waals surface area contributed by atoms with E-state index in [4.69, 9.17) is 4.74 Å². The molecule has 6 nitrogen and oxygen atoms in total. The fourth-order valence-corrected chi connectivity index (χ4v) is 3.81. The number of methoxy groups -OCH3 is 1. The molecule has 0 bridgehead atoms. The summed E-state index contributed by atoms with van der Waals surface area (Å²) in [7, 11) is 1.54. The number of fused-ring (bicyclic) bond motifs is 1. The molecule has 3 rings (SSSR count). The Morgan fingerprint density at radius 2 is 2.38 bits per heavy atom. The number of hydrogen-bond acceptors (Lipinski definition) is 6. The summed E-state index contributed by atoms with van der Waals surface area (Å²) in [5.74, 6) is 0.0252. The van der Waals surface area contributed by atoms with Gasteiger partial charge in [0, 0.05) is 20.2 Å². The second-order valence-corrected chi connectivity index (χ2v) is 6.34. The van der Waals surface area contributed by atoms with Crippen LogP contribution in [0.3, 0.4) is 0 Å². The molecule has 1 aliphatic heterocycles. The van der Waals surface area contributed by atoms with E-state index in [2.05, 4.69) is 15.3 Å². The van der Waals surface area contributed by atoms with E-state index in [1.165, 1.54) is 0 Å². The largest absolute Gasteiger partial charge is 0.481 e. The first-order chi connectivity index (χ1) is 10.1. The van der Waals surface area contributed by atoms with E-state index in [1.54, 1.807) is 24.8 Å². The molecule has 21 heavy (non-hydrogen) atoms. The first-order valence-electron chi connectivity index (χ1n) is 6.73. The van der Waals surface area contributed by atoms with E-state index in [1.807, 2.05) is 11.8 Å². The molecule has 2 aromatic rings. The van der Waals surface area contributed by atoms with E-state index in [0.29, 0.717) is 19.5 Å². The summed E-state index contributed by atoms with van der Waals surface area (Å²) in [4.78, 5) is 23.3. The van der Waals surface area contributed by atoms with E-state index in [9.17, 15) is 9.90 Å². The van der Waals surface area contributed by atoms with Gasteiger partial charge in [0.1, 0.15) is 22.4 Å². The Hall–Kier alpha value is -1.73. The molecule has 0 aliphatic carbocycles. The Morgan fingerprint density at radius 3 is 3.10 bits per heavy atom. The van der Waals surface area contributed by atoms with Gasteiger partial charge < -0.3 is 14.7 Å². The highest BCUT2D eigenvalue weighted by molar-refractivity contribution is 7.17. The third kappa shape index (κ3) is 2.26. The Kier molecular flexibility index (Phi) is 3.54. The van der Waals surface area contributed by atoms with Crippen molar-refractivity contribution in [3.63, 3.8) is 0 Å². The van der Waals surface area contributed by atoms with Gasteiger partial charge >= 0.3 is 5.97 Å². The molecule has 7 heteroatoms. The van der Waals surface area contributed by atoms with Crippen molar-refractivity contribution in [1.82, 2.24) is 9.97 Å². The first kappa shape index (κ1) is 14.2. The SMILES string of the molecule is COCC1(C(=O)O)CCN(c2ncnc3scc(C)c23)C1. The summed E-state index contributed by atoms with van der Waals surface area (Å²) >= 11 is 1.58. The van der Waals surface area contributed by atoms with Gasteiger partial charge in [-0.1, -0.05) is 0 Å². The fourth-order valence-electron chi connectivity index (χ4n) is 2.92. The van der Waals surface area contributed by atoms with Gasteiger partial charge in [-0.05, 0) is 24.3 Å². The van der Waals surface area contributed by atoms with Crippen molar-refractivity contribution >= 4 is 33.3 Å². The lowest BCUT2D eigenvalue weighted by molar-refractivity contribution is -0.150. The van der Waals surface area contributed by atoms with Gasteiger partial charge in [-0.3, -0.25) is 4.79 Å². The minimum atomic E-state index is -0.851. The minimum absolute atomic E-state index is 0.218. The van der Waals surface area contributed by atoms with Crippen LogP contribution < -0.4 is 4.90 Å². The molecular weight excluding hydrogens is 290 g/mol. The average molecular weight is 307 g/mol. The number of anilines is 1. The fraction of sp³-hybridized carbons (Fsp3) is 0.500. The molecule has 0 spiro atoms. The molecular formula is C14H17N3O3S. The quantitative estimate of drug-likeness (QED) is 0.930. The zero-order chi connectivity index (χ0) is 15.0. The number of aliphatic carboxylic acids is 1. The zero-order valence-corrected chi connectivity index (χ0v) is 12.8. The van der Waals surface area contributed by atoms with Crippen molar-refractivity contribution in [2.24, 2.45) is 5.41 Å². The van der Waals surface area contributed by atoms with Crippen LogP contribution in [0.25, 0.3) is 10.2 Å². The maximum Gasteiger partial charge on any atom is 0.313 e. The van der Waals surface area contributed by atoms with Crippen molar-refractivity contribution in [3.05, 3.63) is 17.3 Å². The van der Waals surface area contributed by atoms with Crippen molar-refractivity contribution in [2.75, 3.05) is 31.7 Å². The molecule has 0 aromatic carbocycles. The molecule has 1 saturated heterocycles. The standard InChI is InChI=1S/C14H17N3O3S/c1-9-5-21-12-10(9)11(15-8-16-12)17-4-3-14(6-17,7-20-2)13(18)19/h5,8H,3-4,6-7H2,1-2H3,(H,18,19). The Morgan fingerprint density at radius 1 is 1.57 bits per heavy atom. The van der Waals surface area contributed by atoms with E-state index in [0.717, 1.165) is 21.6 Å². The highest BCUT2D eigenvalue weighted by atomic mass is 32.1. The molecule has 1 N–H and O–H groups in total. The number of aryl methyl sites for hydroxylation is 1. The van der Waals surface area contributed by atoms with Gasteiger partial charge in [-0.2, -0.15) is 0 Å². The third-order valence-electron chi connectivity index (χ3n) is 4.06. The molecule has 3 heterocycles. The number of aromatic nitrogens is 2. The third-order valence-corrected chi connectivity index (χ3v) is 5.07. The number of carbonyl (C=O) groups is 1. The maximum atomic E-state index is 11.6. The van der Waals surface area contributed by atoms with Crippen LogP contribution in [0.15, 0.2) is 11.7 Å². The first-order valence-corrected chi connectivity index (χ1v) is 7.61. The number of ether oxygens (including phenoxy) is 1. The summed E-state index contributed by atoms with van der Waals surface area (Å²) in [6.45, 7) is 3.33. The summed E-state index contributed by atoms with van der Waals surface area (Å²) in [6.07, 6.45) is 2.11. The second-order valence-electron chi connectivity index (χ2n) is 5.49.